The van der Waals surface area contributed by atoms with E-state index in [-0.39, 0.29) is 18.2 Å². The molecule has 0 fully saturated rings. The first kappa shape index (κ1) is 11.3. The molecule has 1 aromatic carbocycles. The van der Waals surface area contributed by atoms with E-state index in [4.69, 9.17) is 17.3 Å². The summed E-state index contributed by atoms with van der Waals surface area (Å²) >= 11 is 5.68. The van der Waals surface area contributed by atoms with E-state index in [1.165, 1.54) is 6.92 Å². The fourth-order valence-electron chi connectivity index (χ4n) is 0.844. The lowest BCUT2D eigenvalue weighted by Crippen LogP contribution is -1.99. The lowest BCUT2D eigenvalue weighted by Gasteiger charge is -2.01. The predicted octanol–water partition coefficient (Wildman–Crippen LogP) is 2.55. The first-order valence-electron chi connectivity index (χ1n) is 3.18. The second kappa shape index (κ2) is 4.33. The maximum Gasteiger partial charge on any atom is 0.161 e. The number of hydrogen-bond acceptors (Lipinski definition) is 2. The van der Waals surface area contributed by atoms with Gasteiger partial charge in [-0.1, -0.05) is 17.7 Å². The summed E-state index contributed by atoms with van der Waals surface area (Å²) in [6.07, 6.45) is 0. The van der Waals surface area contributed by atoms with E-state index in [0.717, 1.165) is 0 Å². The highest BCUT2D eigenvalue weighted by atomic mass is 35.5. The summed E-state index contributed by atoms with van der Waals surface area (Å²) < 4.78 is 0. The molecule has 0 atom stereocenters. The van der Waals surface area contributed by atoms with Crippen molar-refractivity contribution in [1.82, 2.24) is 0 Å². The maximum absolute atomic E-state index is 10.9. The van der Waals surface area contributed by atoms with Crippen molar-refractivity contribution in [3.63, 3.8) is 0 Å². The lowest BCUT2D eigenvalue weighted by atomic mass is 10.1. The van der Waals surface area contributed by atoms with Crippen LogP contribution in [-0.2, 0) is 0 Å². The van der Waals surface area contributed by atoms with Gasteiger partial charge in [0.05, 0.1) is 10.7 Å². The lowest BCUT2D eigenvalue weighted by molar-refractivity contribution is 0.101. The number of carbonyl (C=O) groups is 1. The number of rotatable bonds is 1. The van der Waals surface area contributed by atoms with Gasteiger partial charge in [-0.15, -0.1) is 12.4 Å². The second-order valence-corrected chi connectivity index (χ2v) is 2.66. The van der Waals surface area contributed by atoms with E-state index in [1.807, 2.05) is 0 Å². The zero-order valence-corrected chi connectivity index (χ0v) is 8.08. The standard InChI is InChI=1S/C8H8ClNO.ClH/c1-5(11)6-3-2-4-7(9)8(6)10;/h2-4H,10H2,1H3;1H. The highest BCUT2D eigenvalue weighted by Crippen LogP contribution is 2.22. The Bertz CT molecular complexity index is 299. The van der Waals surface area contributed by atoms with Crippen molar-refractivity contribution in [2.75, 3.05) is 5.73 Å². The molecule has 2 N–H and O–H groups in total. The molecule has 0 radical (unpaired) electrons. The molecule has 4 heteroatoms. The van der Waals surface area contributed by atoms with E-state index in [9.17, 15) is 4.79 Å². The molecule has 1 aromatic rings. The van der Waals surface area contributed by atoms with Gasteiger partial charge in [0.2, 0.25) is 0 Å². The van der Waals surface area contributed by atoms with E-state index in [1.54, 1.807) is 18.2 Å². The van der Waals surface area contributed by atoms with Gasteiger partial charge in [0.25, 0.3) is 0 Å². The Morgan fingerprint density at radius 2 is 2.08 bits per heavy atom. The topological polar surface area (TPSA) is 43.1 Å². The van der Waals surface area contributed by atoms with Gasteiger partial charge < -0.3 is 5.73 Å². The van der Waals surface area contributed by atoms with Gasteiger partial charge in [0, 0.05) is 5.56 Å². The molecule has 66 valence electrons. The molecule has 2 nitrogen and oxygen atoms in total. The molecule has 0 aliphatic heterocycles. The minimum atomic E-state index is -0.0648. The van der Waals surface area contributed by atoms with Crippen LogP contribution >= 0.6 is 24.0 Å². The van der Waals surface area contributed by atoms with Gasteiger partial charge in [-0.2, -0.15) is 0 Å². The number of nitrogens with two attached hydrogens (primary N) is 1. The minimum absolute atomic E-state index is 0. The van der Waals surface area contributed by atoms with Crippen molar-refractivity contribution < 1.29 is 4.79 Å². The van der Waals surface area contributed by atoms with Crippen LogP contribution in [-0.4, -0.2) is 5.78 Å². The average Bonchev–Trinajstić information content (AvgIpc) is 1.94. The van der Waals surface area contributed by atoms with Crippen LogP contribution in [0.4, 0.5) is 5.69 Å². The molecule has 12 heavy (non-hydrogen) atoms. The van der Waals surface area contributed by atoms with Gasteiger partial charge >= 0.3 is 0 Å². The summed E-state index contributed by atoms with van der Waals surface area (Å²) in [5.74, 6) is -0.0648. The normalized spacial score (nSPS) is 8.83. The number of anilines is 1. The Hall–Kier alpha value is -0.730. The van der Waals surface area contributed by atoms with Crippen LogP contribution in [0.3, 0.4) is 0 Å². The largest absolute Gasteiger partial charge is 0.397 e. The molecule has 0 unspecified atom stereocenters. The molecule has 0 amide bonds. The van der Waals surface area contributed by atoms with Crippen LogP contribution in [0.1, 0.15) is 17.3 Å². The number of benzene rings is 1. The smallest absolute Gasteiger partial charge is 0.161 e. The summed E-state index contributed by atoms with van der Waals surface area (Å²) in [5, 5.41) is 0.428. The molecule has 0 aromatic heterocycles. The molecule has 0 bridgehead atoms. The second-order valence-electron chi connectivity index (χ2n) is 2.26. The van der Waals surface area contributed by atoms with Gasteiger partial charge in [-0.05, 0) is 19.1 Å². The molecule has 0 aliphatic carbocycles. The highest BCUT2D eigenvalue weighted by Gasteiger charge is 2.05. The van der Waals surface area contributed by atoms with Gasteiger partial charge in [0.15, 0.2) is 5.78 Å². The van der Waals surface area contributed by atoms with Crippen molar-refractivity contribution in [3.8, 4) is 0 Å². The molecule has 0 aliphatic rings. The van der Waals surface area contributed by atoms with E-state index in [2.05, 4.69) is 0 Å². The van der Waals surface area contributed by atoms with E-state index in [0.29, 0.717) is 16.3 Å². The molecule has 0 saturated heterocycles. The third-order valence-corrected chi connectivity index (χ3v) is 1.76. The number of Topliss-reactive ketones (excluding diaryl/α,β-unsaturated/α-hetero) is 1. The van der Waals surface area contributed by atoms with Crippen LogP contribution in [0.5, 0.6) is 0 Å². The molecule has 1 rings (SSSR count). The van der Waals surface area contributed by atoms with Gasteiger partial charge in [0.1, 0.15) is 0 Å². The monoisotopic (exact) mass is 205 g/mol. The Morgan fingerprint density at radius 1 is 1.50 bits per heavy atom. The fraction of sp³-hybridized carbons (Fsp3) is 0.125. The van der Waals surface area contributed by atoms with Crippen LogP contribution in [0, 0.1) is 0 Å². The number of ketones is 1. The third-order valence-electron chi connectivity index (χ3n) is 1.43. The SMILES string of the molecule is CC(=O)c1cccc(Cl)c1N.Cl. The zero-order valence-electron chi connectivity index (χ0n) is 6.50. The van der Waals surface area contributed by atoms with Crippen molar-refractivity contribution in [2.45, 2.75) is 6.92 Å². The van der Waals surface area contributed by atoms with Crippen LogP contribution in [0.2, 0.25) is 5.02 Å². The number of halogens is 2. The Kier molecular flexibility index (Phi) is 4.07. The van der Waals surface area contributed by atoms with Crippen LogP contribution in [0.15, 0.2) is 18.2 Å². The van der Waals surface area contributed by atoms with Gasteiger partial charge in [-0.25, -0.2) is 0 Å². The highest BCUT2D eigenvalue weighted by molar-refractivity contribution is 6.33. The molecule has 0 saturated carbocycles. The van der Waals surface area contributed by atoms with Crippen molar-refractivity contribution in [3.05, 3.63) is 28.8 Å². The van der Waals surface area contributed by atoms with Crippen molar-refractivity contribution in [2.24, 2.45) is 0 Å². The van der Waals surface area contributed by atoms with Crippen LogP contribution in [0.25, 0.3) is 0 Å². The van der Waals surface area contributed by atoms with Gasteiger partial charge in [-0.3, -0.25) is 4.79 Å². The zero-order chi connectivity index (χ0) is 8.43. The summed E-state index contributed by atoms with van der Waals surface area (Å²) in [5.41, 5.74) is 6.38. The Labute approximate surface area is 82.1 Å². The number of nitrogen functional groups attached to an aromatic ring is 1. The molecule has 0 heterocycles. The molecular formula is C8H9Cl2NO. The first-order chi connectivity index (χ1) is 5.13. The third kappa shape index (κ3) is 2.13. The quantitative estimate of drug-likeness (QED) is 0.566. The minimum Gasteiger partial charge on any atom is -0.397 e. The Balaban J connectivity index is 0.00000121. The fourth-order valence-corrected chi connectivity index (χ4v) is 1.02. The van der Waals surface area contributed by atoms with E-state index < -0.39 is 0 Å². The van der Waals surface area contributed by atoms with Crippen LogP contribution < -0.4 is 5.73 Å². The summed E-state index contributed by atoms with van der Waals surface area (Å²) in [6.45, 7) is 1.46. The maximum atomic E-state index is 10.9. The number of hydrogen-bond donors (Lipinski definition) is 1. The van der Waals surface area contributed by atoms with Crippen molar-refractivity contribution in [1.29, 1.82) is 0 Å². The van der Waals surface area contributed by atoms with Crippen molar-refractivity contribution >= 4 is 35.5 Å². The van der Waals surface area contributed by atoms with E-state index >= 15 is 0 Å². The first-order valence-corrected chi connectivity index (χ1v) is 3.55. The Morgan fingerprint density at radius 3 is 2.50 bits per heavy atom. The molecule has 0 spiro atoms. The summed E-state index contributed by atoms with van der Waals surface area (Å²) in [7, 11) is 0. The summed E-state index contributed by atoms with van der Waals surface area (Å²) in [4.78, 5) is 10.9. The average molecular weight is 206 g/mol. The molecular weight excluding hydrogens is 197 g/mol. The number of para-hydroxylation sites is 1. The number of carbonyl (C=O) groups excluding carboxylic acids is 1. The predicted molar refractivity (Wildman–Crippen MR) is 53.1 cm³/mol. The summed E-state index contributed by atoms with van der Waals surface area (Å²) in [6, 6.07) is 5.02.